The number of hydrogen-bond acceptors (Lipinski definition) is 5. The van der Waals surface area contributed by atoms with Crippen molar-refractivity contribution in [3.8, 4) is 5.75 Å². The quantitative estimate of drug-likeness (QED) is 0.370. The molecule has 6 rings (SSSR count). The second-order valence-electron chi connectivity index (χ2n) is 13.3. The molecule has 0 spiro atoms. The summed E-state index contributed by atoms with van der Waals surface area (Å²) < 4.78 is 79.8. The van der Waals surface area contributed by atoms with E-state index in [1.165, 1.54) is 18.1 Å². The molecule has 1 N–H and O–H groups in total. The fourth-order valence-corrected chi connectivity index (χ4v) is 7.98. The number of nitrogens with zero attached hydrogens (tertiary/aromatic N) is 3. The van der Waals surface area contributed by atoms with Crippen LogP contribution in [0.1, 0.15) is 67.1 Å². The molecule has 2 aromatic carbocycles. The van der Waals surface area contributed by atoms with Gasteiger partial charge < -0.3 is 19.6 Å². The summed E-state index contributed by atoms with van der Waals surface area (Å²) in [5, 5.41) is 9.40. The number of methoxy groups -OCH3 is 1. The van der Waals surface area contributed by atoms with E-state index < -0.39 is 53.2 Å². The highest BCUT2D eigenvalue weighted by Crippen LogP contribution is 2.46. The van der Waals surface area contributed by atoms with Crippen LogP contribution in [-0.4, -0.2) is 91.0 Å². The largest absolute Gasteiger partial charge is 0.497 e. The first kappa shape index (κ1) is 32.5. The summed E-state index contributed by atoms with van der Waals surface area (Å²) in [6.07, 6.45) is -1.82. The number of ether oxygens (including phenoxy) is 1. The number of anilines is 1. The summed E-state index contributed by atoms with van der Waals surface area (Å²) in [6, 6.07) is 10.3. The molecule has 1 aliphatic carbocycles. The Balaban J connectivity index is 1.28. The second-order valence-corrected chi connectivity index (χ2v) is 13.3. The number of carboxylic acid groups (broad SMARTS) is 1. The standard InChI is InChI=1S/C34H40F5N3O4/c1-46-25-9-6-21(7-10-25)28-18-42(24-4-2-3-5-24)20-33(28,36)32(45)41-17-27(29(35)19-41)26-11-8-23(34(37,38)39)16-30(26)40-14-12-22(13-15-40)31(43)44/h6-11,16,22,24,27-29H,2-5,12-15,17-20H2,1H3,(H,43,44)/t27-,28+,29-,33+/m1/s1. The zero-order valence-corrected chi connectivity index (χ0v) is 25.8. The molecule has 1 saturated carbocycles. The average Bonchev–Trinajstić information content (AvgIpc) is 3.80. The van der Waals surface area contributed by atoms with E-state index in [9.17, 15) is 27.9 Å². The van der Waals surface area contributed by atoms with Gasteiger partial charge in [-0.2, -0.15) is 13.2 Å². The zero-order chi connectivity index (χ0) is 32.8. The van der Waals surface area contributed by atoms with Crippen molar-refractivity contribution >= 4 is 17.6 Å². The van der Waals surface area contributed by atoms with Gasteiger partial charge in [-0.25, -0.2) is 8.78 Å². The van der Waals surface area contributed by atoms with Crippen LogP contribution in [0.5, 0.6) is 5.75 Å². The van der Waals surface area contributed by atoms with E-state index in [4.69, 9.17) is 4.74 Å². The number of hydrogen-bond donors (Lipinski definition) is 1. The highest BCUT2D eigenvalue weighted by Gasteiger charge is 2.57. The van der Waals surface area contributed by atoms with Gasteiger partial charge in [0.25, 0.3) is 5.91 Å². The van der Waals surface area contributed by atoms with Crippen molar-refractivity contribution in [3.05, 3.63) is 59.2 Å². The number of amides is 1. The monoisotopic (exact) mass is 649 g/mol. The molecule has 1 amide bonds. The van der Waals surface area contributed by atoms with Gasteiger partial charge in [0.1, 0.15) is 11.9 Å². The Bertz CT molecular complexity index is 1420. The van der Waals surface area contributed by atoms with Gasteiger partial charge in [-0.05, 0) is 61.1 Å². The average molecular weight is 650 g/mol. The van der Waals surface area contributed by atoms with Crippen molar-refractivity contribution in [3.63, 3.8) is 0 Å². The molecule has 0 bridgehead atoms. The fraction of sp³-hybridized carbons (Fsp3) is 0.588. The molecule has 4 aliphatic rings. The van der Waals surface area contributed by atoms with E-state index in [2.05, 4.69) is 4.90 Å². The van der Waals surface area contributed by atoms with E-state index in [-0.39, 0.29) is 57.3 Å². The number of aliphatic carboxylic acids is 1. The minimum atomic E-state index is -4.63. The molecule has 0 aromatic heterocycles. The lowest BCUT2D eigenvalue weighted by Gasteiger charge is -2.35. The first-order valence-electron chi connectivity index (χ1n) is 16.1. The van der Waals surface area contributed by atoms with Gasteiger partial charge in [0.05, 0.1) is 25.1 Å². The summed E-state index contributed by atoms with van der Waals surface area (Å²) in [5.74, 6) is -3.49. The first-order valence-corrected chi connectivity index (χ1v) is 16.1. The minimum Gasteiger partial charge on any atom is -0.497 e. The Morgan fingerprint density at radius 2 is 1.63 bits per heavy atom. The molecule has 3 aliphatic heterocycles. The topological polar surface area (TPSA) is 73.3 Å². The molecule has 3 saturated heterocycles. The van der Waals surface area contributed by atoms with E-state index in [1.807, 2.05) is 0 Å². The van der Waals surface area contributed by atoms with Crippen LogP contribution in [0.3, 0.4) is 0 Å². The van der Waals surface area contributed by atoms with Crippen LogP contribution in [-0.2, 0) is 15.8 Å². The molecule has 2 aromatic rings. The number of likely N-dealkylation sites (tertiary alicyclic amines) is 2. The minimum absolute atomic E-state index is 0.102. The molecule has 12 heteroatoms. The zero-order valence-electron chi connectivity index (χ0n) is 25.8. The number of benzene rings is 2. The number of alkyl halides is 5. The SMILES string of the molecule is COc1ccc([C@@H]2CN(C3CCCC3)C[C@@]2(F)C(=O)N2C[C@@H](F)[C@@H](c3ccc(C(F)(F)F)cc3N3CCC(C(=O)O)CC3)C2)cc1. The third-order valence-corrected chi connectivity index (χ3v) is 10.6. The Hall–Kier alpha value is -3.41. The van der Waals surface area contributed by atoms with E-state index in [0.29, 0.717) is 23.4 Å². The van der Waals surface area contributed by atoms with Gasteiger partial charge in [-0.3, -0.25) is 14.5 Å². The van der Waals surface area contributed by atoms with Crippen LogP contribution >= 0.6 is 0 Å². The maximum absolute atomic E-state index is 17.3. The van der Waals surface area contributed by atoms with Gasteiger partial charge in [-0.1, -0.05) is 31.0 Å². The Morgan fingerprint density at radius 3 is 2.24 bits per heavy atom. The molecule has 46 heavy (non-hydrogen) atoms. The molecule has 250 valence electrons. The number of carbonyl (C=O) groups is 2. The van der Waals surface area contributed by atoms with Crippen molar-refractivity contribution in [2.24, 2.45) is 5.92 Å². The van der Waals surface area contributed by atoms with Crippen molar-refractivity contribution in [1.82, 2.24) is 9.80 Å². The fourth-order valence-electron chi connectivity index (χ4n) is 7.98. The van der Waals surface area contributed by atoms with Crippen LogP contribution in [0.4, 0.5) is 27.6 Å². The predicted octanol–water partition coefficient (Wildman–Crippen LogP) is 6.03. The van der Waals surface area contributed by atoms with Crippen molar-refractivity contribution in [2.45, 2.75) is 74.4 Å². The third-order valence-electron chi connectivity index (χ3n) is 10.6. The van der Waals surface area contributed by atoms with Crippen LogP contribution < -0.4 is 9.64 Å². The van der Waals surface area contributed by atoms with Gasteiger partial charge in [0.15, 0.2) is 0 Å². The number of piperidine rings is 1. The molecule has 0 unspecified atom stereocenters. The van der Waals surface area contributed by atoms with Gasteiger partial charge in [-0.15, -0.1) is 0 Å². The molecule has 3 heterocycles. The first-order chi connectivity index (χ1) is 21.9. The molecule has 4 atom stereocenters. The summed E-state index contributed by atoms with van der Waals surface area (Å²) in [5.41, 5.74) is -2.06. The molecule has 7 nitrogen and oxygen atoms in total. The summed E-state index contributed by atoms with van der Waals surface area (Å²) in [4.78, 5) is 30.6. The highest BCUT2D eigenvalue weighted by atomic mass is 19.4. The summed E-state index contributed by atoms with van der Waals surface area (Å²) in [6.45, 7) is 0.113. The number of rotatable bonds is 7. The number of carboxylic acids is 1. The lowest BCUT2D eigenvalue weighted by molar-refractivity contribution is -0.143. The maximum Gasteiger partial charge on any atom is 0.416 e. The third kappa shape index (κ3) is 6.16. The van der Waals surface area contributed by atoms with Crippen LogP contribution in [0.25, 0.3) is 0 Å². The second kappa shape index (κ2) is 12.7. The van der Waals surface area contributed by atoms with Crippen LogP contribution in [0.2, 0.25) is 0 Å². The predicted molar refractivity (Wildman–Crippen MR) is 162 cm³/mol. The molecule has 4 fully saturated rings. The Labute approximate surface area is 265 Å². The van der Waals surface area contributed by atoms with Crippen molar-refractivity contribution < 1.29 is 41.4 Å². The van der Waals surface area contributed by atoms with Crippen molar-refractivity contribution in [1.29, 1.82) is 0 Å². The maximum atomic E-state index is 17.3. The number of carbonyl (C=O) groups excluding carboxylic acids is 1. The van der Waals surface area contributed by atoms with E-state index in [1.54, 1.807) is 29.2 Å². The molecular formula is C34H40F5N3O4. The van der Waals surface area contributed by atoms with Gasteiger partial charge in [0, 0.05) is 56.3 Å². The van der Waals surface area contributed by atoms with E-state index >= 15 is 8.78 Å². The smallest absolute Gasteiger partial charge is 0.416 e. The van der Waals surface area contributed by atoms with Gasteiger partial charge >= 0.3 is 12.1 Å². The summed E-state index contributed by atoms with van der Waals surface area (Å²) >= 11 is 0. The van der Waals surface area contributed by atoms with Crippen molar-refractivity contribution in [2.75, 3.05) is 51.3 Å². The lowest BCUT2D eigenvalue weighted by atomic mass is 9.85. The Kier molecular flexibility index (Phi) is 8.95. The summed E-state index contributed by atoms with van der Waals surface area (Å²) in [7, 11) is 1.53. The Morgan fingerprint density at radius 1 is 0.957 bits per heavy atom. The molecule has 0 radical (unpaired) electrons. The number of halogens is 5. The van der Waals surface area contributed by atoms with Crippen LogP contribution in [0.15, 0.2) is 42.5 Å². The normalized spacial score (nSPS) is 28.3. The van der Waals surface area contributed by atoms with E-state index in [0.717, 1.165) is 37.8 Å². The highest BCUT2D eigenvalue weighted by molar-refractivity contribution is 5.88. The lowest BCUT2D eigenvalue weighted by Crippen LogP contribution is -2.50. The van der Waals surface area contributed by atoms with Gasteiger partial charge in [0.2, 0.25) is 5.67 Å². The van der Waals surface area contributed by atoms with Crippen LogP contribution in [0, 0.1) is 5.92 Å². The molecular weight excluding hydrogens is 609 g/mol.